The summed E-state index contributed by atoms with van der Waals surface area (Å²) in [6.45, 7) is 7.14. The number of esters is 1. The minimum absolute atomic E-state index is 0.128. The van der Waals surface area contributed by atoms with Crippen LogP contribution in [0.25, 0.3) is 0 Å². The van der Waals surface area contributed by atoms with Gasteiger partial charge in [-0.05, 0) is 20.3 Å². The van der Waals surface area contributed by atoms with Crippen molar-refractivity contribution in [3.63, 3.8) is 0 Å². The van der Waals surface area contributed by atoms with E-state index in [-0.39, 0.29) is 11.5 Å². The van der Waals surface area contributed by atoms with Crippen molar-refractivity contribution >= 4 is 5.97 Å². The van der Waals surface area contributed by atoms with Crippen LogP contribution >= 0.6 is 0 Å². The van der Waals surface area contributed by atoms with E-state index in [0.29, 0.717) is 13.0 Å². The zero-order chi connectivity index (χ0) is 10.3. The third-order valence-electron chi connectivity index (χ3n) is 2.04. The van der Waals surface area contributed by atoms with Gasteiger partial charge >= 0.3 is 5.97 Å². The molecule has 0 amide bonds. The van der Waals surface area contributed by atoms with Crippen molar-refractivity contribution in [2.45, 2.75) is 45.6 Å². The summed E-state index contributed by atoms with van der Waals surface area (Å²) in [5, 5.41) is 3.32. The summed E-state index contributed by atoms with van der Waals surface area (Å²) >= 11 is 0. The van der Waals surface area contributed by atoms with Crippen LogP contribution in [0.4, 0.5) is 0 Å². The molecule has 0 saturated heterocycles. The first-order valence-corrected chi connectivity index (χ1v) is 4.83. The molecule has 1 N–H and O–H groups in total. The van der Waals surface area contributed by atoms with Gasteiger partial charge in [-0.25, -0.2) is 0 Å². The summed E-state index contributed by atoms with van der Waals surface area (Å²) in [7, 11) is 1.42. The van der Waals surface area contributed by atoms with Gasteiger partial charge in [-0.1, -0.05) is 13.3 Å². The Hall–Kier alpha value is -0.570. The predicted octanol–water partition coefficient (Wildman–Crippen LogP) is 1.72. The fraction of sp³-hybridized carbons (Fsp3) is 0.900. The number of rotatable bonds is 6. The molecule has 0 bridgehead atoms. The number of carbonyl (C=O) groups is 1. The maximum Gasteiger partial charge on any atom is 0.306 e. The molecule has 0 aliphatic rings. The van der Waals surface area contributed by atoms with E-state index in [0.717, 1.165) is 12.8 Å². The van der Waals surface area contributed by atoms with Gasteiger partial charge in [-0.2, -0.15) is 0 Å². The molecule has 0 spiro atoms. The largest absolute Gasteiger partial charge is 0.469 e. The fourth-order valence-corrected chi connectivity index (χ4v) is 1.32. The SMILES string of the molecule is CCCC(C)(C)NCCC(=O)OC. The quantitative estimate of drug-likeness (QED) is 0.643. The summed E-state index contributed by atoms with van der Waals surface area (Å²) in [5.74, 6) is -0.153. The molecule has 0 heterocycles. The summed E-state index contributed by atoms with van der Waals surface area (Å²) in [6.07, 6.45) is 2.72. The van der Waals surface area contributed by atoms with E-state index in [1.807, 2.05) is 0 Å². The number of carbonyl (C=O) groups excluding carboxylic acids is 1. The second-order valence-electron chi connectivity index (χ2n) is 3.89. The number of nitrogens with one attached hydrogen (secondary N) is 1. The van der Waals surface area contributed by atoms with Crippen molar-refractivity contribution in [1.29, 1.82) is 0 Å². The van der Waals surface area contributed by atoms with Gasteiger partial charge in [0.25, 0.3) is 0 Å². The van der Waals surface area contributed by atoms with Crippen molar-refractivity contribution in [2.24, 2.45) is 0 Å². The van der Waals surface area contributed by atoms with E-state index < -0.39 is 0 Å². The average molecular weight is 187 g/mol. The molecule has 0 unspecified atom stereocenters. The standard InChI is InChI=1S/C10H21NO2/c1-5-7-10(2,3)11-8-6-9(12)13-4/h11H,5-8H2,1-4H3. The summed E-state index contributed by atoms with van der Waals surface area (Å²) in [4.78, 5) is 10.8. The van der Waals surface area contributed by atoms with E-state index in [1.165, 1.54) is 7.11 Å². The molecular formula is C10H21NO2. The van der Waals surface area contributed by atoms with Crippen molar-refractivity contribution < 1.29 is 9.53 Å². The molecule has 0 aliphatic heterocycles. The van der Waals surface area contributed by atoms with Crippen LogP contribution in [0.2, 0.25) is 0 Å². The second-order valence-corrected chi connectivity index (χ2v) is 3.89. The van der Waals surface area contributed by atoms with Crippen LogP contribution in [0.1, 0.15) is 40.0 Å². The first kappa shape index (κ1) is 12.4. The molecule has 0 atom stereocenters. The Morgan fingerprint density at radius 1 is 1.46 bits per heavy atom. The van der Waals surface area contributed by atoms with E-state index in [9.17, 15) is 4.79 Å². The normalized spacial score (nSPS) is 11.4. The molecule has 0 aliphatic carbocycles. The molecule has 13 heavy (non-hydrogen) atoms. The Morgan fingerprint density at radius 3 is 2.54 bits per heavy atom. The van der Waals surface area contributed by atoms with Gasteiger partial charge in [0.2, 0.25) is 0 Å². The molecule has 3 heteroatoms. The van der Waals surface area contributed by atoms with Crippen molar-refractivity contribution in [2.75, 3.05) is 13.7 Å². The van der Waals surface area contributed by atoms with Crippen molar-refractivity contribution in [3.8, 4) is 0 Å². The Morgan fingerprint density at radius 2 is 2.08 bits per heavy atom. The summed E-state index contributed by atoms with van der Waals surface area (Å²) < 4.78 is 4.55. The smallest absolute Gasteiger partial charge is 0.306 e. The van der Waals surface area contributed by atoms with Crippen LogP contribution in [0.3, 0.4) is 0 Å². The molecule has 0 rings (SSSR count). The Balaban J connectivity index is 3.56. The highest BCUT2D eigenvalue weighted by molar-refractivity contribution is 5.69. The molecule has 0 radical (unpaired) electrons. The summed E-state index contributed by atoms with van der Waals surface area (Å²) in [5.41, 5.74) is 0.128. The number of hydrogen-bond acceptors (Lipinski definition) is 3. The third-order valence-corrected chi connectivity index (χ3v) is 2.04. The zero-order valence-corrected chi connectivity index (χ0v) is 9.14. The molecule has 0 aromatic heterocycles. The number of hydrogen-bond donors (Lipinski definition) is 1. The van der Waals surface area contributed by atoms with Gasteiger partial charge in [0, 0.05) is 12.1 Å². The van der Waals surface area contributed by atoms with Crippen LogP contribution in [0.15, 0.2) is 0 Å². The first-order valence-electron chi connectivity index (χ1n) is 4.83. The minimum atomic E-state index is -0.153. The highest BCUT2D eigenvalue weighted by atomic mass is 16.5. The van der Waals surface area contributed by atoms with Crippen LogP contribution in [0, 0.1) is 0 Å². The lowest BCUT2D eigenvalue weighted by molar-refractivity contribution is -0.140. The Bertz CT molecular complexity index is 155. The van der Waals surface area contributed by atoms with Crippen LogP contribution in [-0.2, 0) is 9.53 Å². The average Bonchev–Trinajstić information content (AvgIpc) is 2.03. The summed E-state index contributed by atoms with van der Waals surface area (Å²) in [6, 6.07) is 0. The van der Waals surface area contributed by atoms with Crippen LogP contribution in [-0.4, -0.2) is 25.2 Å². The monoisotopic (exact) mass is 187 g/mol. The van der Waals surface area contributed by atoms with Gasteiger partial charge in [-0.15, -0.1) is 0 Å². The topological polar surface area (TPSA) is 38.3 Å². The lowest BCUT2D eigenvalue weighted by atomic mass is 9.99. The number of methoxy groups -OCH3 is 1. The molecule has 78 valence electrons. The van der Waals surface area contributed by atoms with E-state index in [2.05, 4.69) is 30.8 Å². The van der Waals surface area contributed by atoms with Gasteiger partial charge in [0.1, 0.15) is 0 Å². The van der Waals surface area contributed by atoms with Crippen LogP contribution in [0.5, 0.6) is 0 Å². The fourth-order valence-electron chi connectivity index (χ4n) is 1.32. The highest BCUT2D eigenvalue weighted by Gasteiger charge is 2.15. The molecule has 0 fully saturated rings. The van der Waals surface area contributed by atoms with Crippen molar-refractivity contribution in [3.05, 3.63) is 0 Å². The molecule has 3 nitrogen and oxygen atoms in total. The second kappa shape index (κ2) is 5.97. The third kappa shape index (κ3) is 6.58. The molecule has 0 saturated carbocycles. The lowest BCUT2D eigenvalue weighted by Gasteiger charge is -2.25. The Kier molecular flexibility index (Phi) is 5.71. The van der Waals surface area contributed by atoms with Crippen LogP contribution < -0.4 is 5.32 Å². The molecule has 0 aromatic carbocycles. The van der Waals surface area contributed by atoms with Gasteiger partial charge in [0.15, 0.2) is 0 Å². The highest BCUT2D eigenvalue weighted by Crippen LogP contribution is 2.10. The van der Waals surface area contributed by atoms with E-state index in [1.54, 1.807) is 0 Å². The first-order chi connectivity index (χ1) is 6.02. The maximum atomic E-state index is 10.8. The van der Waals surface area contributed by atoms with E-state index >= 15 is 0 Å². The van der Waals surface area contributed by atoms with Crippen molar-refractivity contribution in [1.82, 2.24) is 5.32 Å². The predicted molar refractivity (Wildman–Crippen MR) is 53.6 cm³/mol. The molecular weight excluding hydrogens is 166 g/mol. The zero-order valence-electron chi connectivity index (χ0n) is 9.14. The Labute approximate surface area is 80.8 Å². The minimum Gasteiger partial charge on any atom is -0.469 e. The lowest BCUT2D eigenvalue weighted by Crippen LogP contribution is -2.40. The van der Waals surface area contributed by atoms with E-state index in [4.69, 9.17) is 0 Å². The number of ether oxygens (including phenoxy) is 1. The van der Waals surface area contributed by atoms with Gasteiger partial charge in [-0.3, -0.25) is 4.79 Å². The van der Waals surface area contributed by atoms with Gasteiger partial charge in [0.05, 0.1) is 13.5 Å². The van der Waals surface area contributed by atoms with Gasteiger partial charge < -0.3 is 10.1 Å². The molecule has 0 aromatic rings. The maximum absolute atomic E-state index is 10.8.